The monoisotopic (exact) mass is 333 g/mol. The van der Waals surface area contributed by atoms with E-state index < -0.39 is 29.5 Å². The highest BCUT2D eigenvalue weighted by molar-refractivity contribution is 7.99. The number of anilines is 1. The fourth-order valence-corrected chi connectivity index (χ4v) is 3.32. The minimum absolute atomic E-state index is 0.0670. The molecule has 1 amide bonds. The Balaban J connectivity index is 2.03. The summed E-state index contributed by atoms with van der Waals surface area (Å²) >= 11 is 0.854. The third kappa shape index (κ3) is 4.91. The van der Waals surface area contributed by atoms with E-state index in [4.69, 9.17) is 0 Å². The molecule has 0 unspecified atom stereocenters. The predicted molar refractivity (Wildman–Crippen MR) is 79.8 cm³/mol. The van der Waals surface area contributed by atoms with Crippen molar-refractivity contribution in [3.05, 3.63) is 24.0 Å². The van der Waals surface area contributed by atoms with Crippen LogP contribution in [0, 0.1) is 5.82 Å². The Kier molecular flexibility index (Phi) is 5.74. The van der Waals surface area contributed by atoms with Gasteiger partial charge in [-0.2, -0.15) is 0 Å². The standard InChI is InChI=1S/C15H18F3NO2S/c16-10-3-4-12(22-9-13(17)18)11(7-10)19-14(20)8-15(21)5-1-2-6-15/h3-4,7,13,21H,1-2,5-6,8-9H2,(H,19,20). The zero-order valence-electron chi connectivity index (χ0n) is 11.9. The van der Waals surface area contributed by atoms with Crippen molar-refractivity contribution in [2.45, 2.75) is 49.0 Å². The van der Waals surface area contributed by atoms with E-state index in [1.165, 1.54) is 6.07 Å². The molecular formula is C15H18F3NO2S. The molecule has 0 aliphatic heterocycles. The molecule has 7 heteroatoms. The van der Waals surface area contributed by atoms with Gasteiger partial charge < -0.3 is 10.4 Å². The van der Waals surface area contributed by atoms with Crippen LogP contribution in [0.1, 0.15) is 32.1 Å². The van der Waals surface area contributed by atoms with Crippen molar-refractivity contribution < 1.29 is 23.1 Å². The summed E-state index contributed by atoms with van der Waals surface area (Å²) < 4.78 is 37.9. The van der Waals surface area contributed by atoms with Gasteiger partial charge in [0, 0.05) is 4.90 Å². The fraction of sp³-hybridized carbons (Fsp3) is 0.533. The number of alkyl halides is 2. The fourth-order valence-electron chi connectivity index (χ4n) is 2.58. The molecule has 2 rings (SSSR count). The maximum absolute atomic E-state index is 13.3. The summed E-state index contributed by atoms with van der Waals surface area (Å²) in [5, 5.41) is 12.7. The molecule has 1 saturated carbocycles. The minimum atomic E-state index is -2.49. The van der Waals surface area contributed by atoms with Crippen LogP contribution in [0.15, 0.2) is 23.1 Å². The lowest BCUT2D eigenvalue weighted by molar-refractivity contribution is -0.120. The van der Waals surface area contributed by atoms with Gasteiger partial charge >= 0.3 is 0 Å². The summed E-state index contributed by atoms with van der Waals surface area (Å²) in [4.78, 5) is 12.4. The first kappa shape index (κ1) is 17.1. The van der Waals surface area contributed by atoms with Gasteiger partial charge in [0.2, 0.25) is 12.3 Å². The van der Waals surface area contributed by atoms with Gasteiger partial charge in [0.25, 0.3) is 0 Å². The van der Waals surface area contributed by atoms with Crippen LogP contribution < -0.4 is 5.32 Å². The number of carbonyl (C=O) groups excluding carboxylic acids is 1. The Morgan fingerprint density at radius 1 is 1.36 bits per heavy atom. The summed E-state index contributed by atoms with van der Waals surface area (Å²) in [5.41, 5.74) is -0.842. The molecule has 1 aromatic carbocycles. The van der Waals surface area contributed by atoms with Crippen molar-refractivity contribution in [2.24, 2.45) is 0 Å². The Bertz CT molecular complexity index is 534. The molecule has 22 heavy (non-hydrogen) atoms. The topological polar surface area (TPSA) is 49.3 Å². The van der Waals surface area contributed by atoms with Crippen molar-refractivity contribution in [1.29, 1.82) is 0 Å². The molecule has 1 aliphatic rings. The van der Waals surface area contributed by atoms with E-state index in [-0.39, 0.29) is 12.1 Å². The maximum atomic E-state index is 13.3. The number of rotatable bonds is 6. The third-order valence-electron chi connectivity index (χ3n) is 3.60. The Labute approximate surface area is 131 Å². The van der Waals surface area contributed by atoms with E-state index in [2.05, 4.69) is 5.32 Å². The number of halogens is 3. The van der Waals surface area contributed by atoms with Gasteiger partial charge in [0.15, 0.2) is 0 Å². The Morgan fingerprint density at radius 3 is 2.68 bits per heavy atom. The van der Waals surface area contributed by atoms with E-state index in [0.29, 0.717) is 17.7 Å². The van der Waals surface area contributed by atoms with Crippen LogP contribution in [0.5, 0.6) is 0 Å². The second-order valence-electron chi connectivity index (χ2n) is 5.50. The molecule has 1 aromatic rings. The number of aliphatic hydroxyl groups is 1. The number of hydrogen-bond acceptors (Lipinski definition) is 3. The first-order valence-corrected chi connectivity index (χ1v) is 8.09. The van der Waals surface area contributed by atoms with Gasteiger partial charge in [-0.3, -0.25) is 4.79 Å². The van der Waals surface area contributed by atoms with Crippen LogP contribution >= 0.6 is 11.8 Å². The van der Waals surface area contributed by atoms with E-state index in [1.807, 2.05) is 0 Å². The van der Waals surface area contributed by atoms with Gasteiger partial charge in [-0.1, -0.05) is 12.8 Å². The Hall–Kier alpha value is -1.21. The Morgan fingerprint density at radius 2 is 2.05 bits per heavy atom. The molecule has 2 N–H and O–H groups in total. The number of thioether (sulfide) groups is 1. The van der Waals surface area contributed by atoms with Crippen LogP contribution in [-0.2, 0) is 4.79 Å². The number of nitrogens with one attached hydrogen (secondary N) is 1. The largest absolute Gasteiger partial charge is 0.389 e. The average molecular weight is 333 g/mol. The number of benzene rings is 1. The lowest BCUT2D eigenvalue weighted by Crippen LogP contribution is -2.30. The summed E-state index contributed by atoms with van der Waals surface area (Å²) in [7, 11) is 0. The number of hydrogen-bond donors (Lipinski definition) is 2. The normalized spacial score (nSPS) is 17.0. The SMILES string of the molecule is O=C(CC1(O)CCCC1)Nc1cc(F)ccc1SCC(F)F. The molecule has 0 saturated heterocycles. The molecule has 122 valence electrons. The zero-order valence-corrected chi connectivity index (χ0v) is 12.8. The van der Waals surface area contributed by atoms with Gasteiger partial charge in [-0.05, 0) is 31.0 Å². The molecule has 1 fully saturated rings. The predicted octanol–water partition coefficient (Wildman–Crippen LogP) is 3.82. The zero-order chi connectivity index (χ0) is 16.2. The summed E-state index contributed by atoms with van der Waals surface area (Å²) in [5.74, 6) is -1.43. The molecule has 0 bridgehead atoms. The molecule has 0 radical (unpaired) electrons. The van der Waals surface area contributed by atoms with Gasteiger partial charge in [-0.25, -0.2) is 13.2 Å². The minimum Gasteiger partial charge on any atom is -0.389 e. The summed E-state index contributed by atoms with van der Waals surface area (Å²) in [6, 6.07) is 3.63. The lowest BCUT2D eigenvalue weighted by Gasteiger charge is -2.21. The molecule has 0 spiro atoms. The van der Waals surface area contributed by atoms with E-state index in [9.17, 15) is 23.1 Å². The van der Waals surface area contributed by atoms with E-state index in [0.717, 1.165) is 36.7 Å². The highest BCUT2D eigenvalue weighted by Gasteiger charge is 2.33. The first-order chi connectivity index (χ1) is 10.4. The average Bonchev–Trinajstić information content (AvgIpc) is 2.83. The van der Waals surface area contributed by atoms with E-state index >= 15 is 0 Å². The van der Waals surface area contributed by atoms with Gasteiger partial charge in [0.1, 0.15) is 5.82 Å². The van der Waals surface area contributed by atoms with Crippen molar-refractivity contribution in [3.8, 4) is 0 Å². The summed E-state index contributed by atoms with van der Waals surface area (Å²) in [6.07, 6.45) is 0.325. The van der Waals surface area contributed by atoms with Gasteiger partial charge in [-0.15, -0.1) is 11.8 Å². The van der Waals surface area contributed by atoms with Crippen molar-refractivity contribution in [1.82, 2.24) is 0 Å². The number of carbonyl (C=O) groups is 1. The highest BCUT2D eigenvalue weighted by atomic mass is 32.2. The van der Waals surface area contributed by atoms with E-state index in [1.54, 1.807) is 0 Å². The van der Waals surface area contributed by atoms with Gasteiger partial charge in [0.05, 0.1) is 23.5 Å². The smallest absolute Gasteiger partial charge is 0.247 e. The molecule has 1 aliphatic carbocycles. The van der Waals surface area contributed by atoms with Crippen molar-refractivity contribution in [2.75, 3.05) is 11.1 Å². The highest BCUT2D eigenvalue weighted by Crippen LogP contribution is 2.34. The van der Waals surface area contributed by atoms with Crippen molar-refractivity contribution >= 4 is 23.4 Å². The summed E-state index contributed by atoms with van der Waals surface area (Å²) in [6.45, 7) is 0. The van der Waals surface area contributed by atoms with Crippen LogP contribution in [0.25, 0.3) is 0 Å². The maximum Gasteiger partial charge on any atom is 0.247 e. The van der Waals surface area contributed by atoms with Crippen molar-refractivity contribution in [3.63, 3.8) is 0 Å². The van der Waals surface area contributed by atoms with Crippen LogP contribution in [-0.4, -0.2) is 28.8 Å². The molecule has 0 heterocycles. The third-order valence-corrected chi connectivity index (χ3v) is 4.69. The van der Waals surface area contributed by atoms with Crippen LogP contribution in [0.4, 0.5) is 18.9 Å². The second kappa shape index (κ2) is 7.37. The lowest BCUT2D eigenvalue weighted by atomic mass is 9.97. The van der Waals surface area contributed by atoms with Crippen LogP contribution in [0.3, 0.4) is 0 Å². The number of amides is 1. The quantitative estimate of drug-likeness (QED) is 0.778. The van der Waals surface area contributed by atoms with Crippen LogP contribution in [0.2, 0.25) is 0 Å². The first-order valence-electron chi connectivity index (χ1n) is 7.11. The molecule has 0 aromatic heterocycles. The molecular weight excluding hydrogens is 315 g/mol. The second-order valence-corrected chi connectivity index (χ2v) is 6.56. The molecule has 3 nitrogen and oxygen atoms in total. The molecule has 0 atom stereocenters.